The summed E-state index contributed by atoms with van der Waals surface area (Å²) in [5, 5.41) is 17.6. The van der Waals surface area contributed by atoms with Crippen LogP contribution in [0.5, 0.6) is 0 Å². The van der Waals surface area contributed by atoms with Gasteiger partial charge >= 0.3 is 0 Å². The zero-order valence-electron chi connectivity index (χ0n) is 30.7. The van der Waals surface area contributed by atoms with E-state index >= 15 is 0 Å². The van der Waals surface area contributed by atoms with Gasteiger partial charge in [0.2, 0.25) is 0 Å². The third-order valence-corrected chi connectivity index (χ3v) is 20.5. The molecule has 0 unspecified atom stereocenters. The number of rotatable bonds is 6. The van der Waals surface area contributed by atoms with Crippen molar-refractivity contribution in [3.05, 3.63) is 231 Å². The van der Waals surface area contributed by atoms with Crippen molar-refractivity contribution in [2.75, 3.05) is 0 Å². The number of hydrogen-bond donors (Lipinski definition) is 0. The summed E-state index contributed by atoms with van der Waals surface area (Å²) in [4.78, 5) is 0. The van der Waals surface area contributed by atoms with Crippen LogP contribution in [0.3, 0.4) is 0 Å². The number of fused-ring (bicyclic) bond motifs is 4. The zero-order chi connectivity index (χ0) is 38.0. The monoisotopic (exact) mass is 788 g/mol. The number of hydrogen-bond acceptors (Lipinski definition) is 2. The Bertz CT molecular complexity index is 2670. The van der Waals surface area contributed by atoms with Crippen molar-refractivity contribution in [2.45, 2.75) is 0 Å². The fraction of sp³-hybridized carbons (Fsp3) is 0. The SMILES string of the molecule is S=P(c1ccccc1)(c1ccccc1)c1c2ccccc2cc2ccccc12.S=P(c1ccccc1)(c1ccccc1)c1c2ccccc2cc2ccccc12. The van der Waals surface area contributed by atoms with Crippen LogP contribution in [0.1, 0.15) is 0 Å². The lowest BCUT2D eigenvalue weighted by molar-refractivity contribution is 1.75. The molecule has 0 fully saturated rings. The molecule has 0 radical (unpaired) electrons. The number of benzene rings is 10. The molecule has 4 heteroatoms. The highest BCUT2D eigenvalue weighted by atomic mass is 32.4. The lowest BCUT2D eigenvalue weighted by Crippen LogP contribution is -2.26. The first kappa shape index (κ1) is 36.2. The standard InChI is InChI=1S/2C26H19PS/c2*28-27(22-13-3-1-4-14-22,23-15-5-2-6-16-23)26-24-17-9-7-11-20(24)19-21-12-8-10-18-25(21)26/h2*1-19H. The fourth-order valence-corrected chi connectivity index (χ4v) is 16.8. The second kappa shape index (κ2) is 15.6. The van der Waals surface area contributed by atoms with E-state index < -0.39 is 12.1 Å². The Hall–Kier alpha value is -5.46. The molecular formula is C52H38P2S2. The quantitative estimate of drug-likeness (QED) is 0.122. The molecule has 0 aliphatic carbocycles. The van der Waals surface area contributed by atoms with Gasteiger partial charge in [-0.05, 0) is 76.4 Å². The molecule has 0 bridgehead atoms. The van der Waals surface area contributed by atoms with E-state index in [1.54, 1.807) is 0 Å². The summed E-state index contributed by atoms with van der Waals surface area (Å²) < 4.78 is 0. The van der Waals surface area contributed by atoms with Crippen molar-refractivity contribution in [2.24, 2.45) is 0 Å². The molecule has 0 heterocycles. The van der Waals surface area contributed by atoms with Gasteiger partial charge in [0.05, 0.1) is 0 Å². The van der Waals surface area contributed by atoms with E-state index in [0.717, 1.165) is 0 Å². The van der Waals surface area contributed by atoms with Crippen LogP contribution >= 0.6 is 12.1 Å². The Morgan fingerprint density at radius 1 is 0.232 bits per heavy atom. The van der Waals surface area contributed by atoms with Crippen molar-refractivity contribution in [1.82, 2.24) is 0 Å². The Morgan fingerprint density at radius 3 is 0.661 bits per heavy atom. The third-order valence-electron chi connectivity index (χ3n) is 10.6. The lowest BCUT2D eigenvalue weighted by atomic mass is 10.0. The van der Waals surface area contributed by atoms with Crippen molar-refractivity contribution in [3.63, 3.8) is 0 Å². The van der Waals surface area contributed by atoms with Crippen molar-refractivity contribution >= 4 is 111 Å². The van der Waals surface area contributed by atoms with E-state index in [2.05, 4.69) is 231 Å². The molecule has 0 spiro atoms. The molecule has 0 aromatic heterocycles. The first-order chi connectivity index (χ1) is 27.6. The molecule has 0 aliphatic rings. The van der Waals surface area contributed by atoms with E-state index in [9.17, 15) is 0 Å². The minimum atomic E-state index is -2.23. The van der Waals surface area contributed by atoms with Gasteiger partial charge in [-0.15, -0.1) is 0 Å². The van der Waals surface area contributed by atoms with Crippen LogP contribution in [0.2, 0.25) is 0 Å². The fourth-order valence-electron chi connectivity index (χ4n) is 8.02. The van der Waals surface area contributed by atoms with Gasteiger partial charge in [0, 0.05) is 22.7 Å². The molecule has 268 valence electrons. The van der Waals surface area contributed by atoms with E-state index in [4.69, 9.17) is 23.6 Å². The largest absolute Gasteiger partial charge is 0.0826 e. The predicted octanol–water partition coefficient (Wildman–Crippen LogP) is 11.5. The highest BCUT2D eigenvalue weighted by Crippen LogP contribution is 2.48. The lowest BCUT2D eigenvalue weighted by Gasteiger charge is -2.27. The molecule has 0 atom stereocenters. The normalized spacial score (nSPS) is 11.7. The smallest absolute Gasteiger partial charge is 0.0391 e. The van der Waals surface area contributed by atoms with Crippen LogP contribution in [0.25, 0.3) is 43.1 Å². The molecule has 0 N–H and O–H groups in total. The second-order valence-corrected chi connectivity index (χ2v) is 22.6. The molecule has 0 nitrogen and oxygen atoms in total. The van der Waals surface area contributed by atoms with Gasteiger partial charge in [0.25, 0.3) is 0 Å². The molecule has 56 heavy (non-hydrogen) atoms. The summed E-state index contributed by atoms with van der Waals surface area (Å²) >= 11 is 13.3. The van der Waals surface area contributed by atoms with E-state index in [-0.39, 0.29) is 0 Å². The summed E-state index contributed by atoms with van der Waals surface area (Å²) in [6.07, 6.45) is 0. The highest BCUT2D eigenvalue weighted by Gasteiger charge is 2.30. The van der Waals surface area contributed by atoms with Gasteiger partial charge in [-0.1, -0.05) is 242 Å². The molecule has 10 rings (SSSR count). The van der Waals surface area contributed by atoms with Gasteiger partial charge in [0.1, 0.15) is 0 Å². The van der Waals surface area contributed by atoms with Crippen molar-refractivity contribution in [3.8, 4) is 0 Å². The molecule has 0 saturated carbocycles. The Labute approximate surface area is 339 Å². The maximum Gasteiger partial charge on any atom is 0.0391 e. The first-order valence-electron chi connectivity index (χ1n) is 18.8. The third kappa shape index (κ3) is 6.44. The summed E-state index contributed by atoms with van der Waals surface area (Å²) in [6.45, 7) is 0. The molecule has 0 amide bonds. The maximum absolute atomic E-state index is 6.67. The topological polar surface area (TPSA) is 0 Å². The zero-order valence-corrected chi connectivity index (χ0v) is 34.1. The summed E-state index contributed by atoms with van der Waals surface area (Å²) in [7, 11) is 0. The maximum atomic E-state index is 6.67. The Kier molecular flexibility index (Phi) is 10.1. The minimum Gasteiger partial charge on any atom is -0.0826 e. The van der Waals surface area contributed by atoms with Crippen LogP contribution in [0.4, 0.5) is 0 Å². The van der Waals surface area contributed by atoms with Crippen molar-refractivity contribution < 1.29 is 0 Å². The van der Waals surface area contributed by atoms with E-state index in [1.165, 1.54) is 74.9 Å². The molecule has 0 aliphatic heterocycles. The average Bonchev–Trinajstić information content (AvgIpc) is 3.28. The van der Waals surface area contributed by atoms with Gasteiger partial charge in [-0.25, -0.2) is 0 Å². The van der Waals surface area contributed by atoms with Crippen LogP contribution in [0.15, 0.2) is 231 Å². The molecule has 0 saturated heterocycles. The summed E-state index contributed by atoms with van der Waals surface area (Å²) in [5.41, 5.74) is 0. The summed E-state index contributed by atoms with van der Waals surface area (Å²) in [5.74, 6) is 0. The van der Waals surface area contributed by atoms with Crippen LogP contribution in [-0.2, 0) is 23.6 Å². The molecular weight excluding hydrogens is 751 g/mol. The summed E-state index contributed by atoms with van der Waals surface area (Å²) in [6, 6.07) is 77.4. The Balaban J connectivity index is 0.000000146. The van der Waals surface area contributed by atoms with Crippen LogP contribution in [0, 0.1) is 0 Å². The highest BCUT2D eigenvalue weighted by molar-refractivity contribution is 8.26. The van der Waals surface area contributed by atoms with Crippen molar-refractivity contribution in [1.29, 1.82) is 0 Å². The van der Waals surface area contributed by atoms with Gasteiger partial charge < -0.3 is 0 Å². The van der Waals surface area contributed by atoms with Crippen LogP contribution in [-0.4, -0.2) is 0 Å². The predicted molar refractivity (Wildman–Crippen MR) is 255 cm³/mol. The first-order valence-corrected chi connectivity index (χ1v) is 24.4. The Morgan fingerprint density at radius 2 is 0.429 bits per heavy atom. The average molecular weight is 789 g/mol. The van der Waals surface area contributed by atoms with Gasteiger partial charge in [-0.3, -0.25) is 0 Å². The van der Waals surface area contributed by atoms with Crippen LogP contribution < -0.4 is 31.8 Å². The van der Waals surface area contributed by atoms with E-state index in [1.807, 2.05) is 0 Å². The molecule has 10 aromatic rings. The molecule has 10 aromatic carbocycles. The second-order valence-electron chi connectivity index (χ2n) is 13.9. The van der Waals surface area contributed by atoms with Gasteiger partial charge in [-0.2, -0.15) is 0 Å². The van der Waals surface area contributed by atoms with Gasteiger partial charge in [0.15, 0.2) is 0 Å². The van der Waals surface area contributed by atoms with E-state index in [0.29, 0.717) is 0 Å². The minimum absolute atomic E-state index is 1.23.